The highest BCUT2D eigenvalue weighted by atomic mass is 32.2. The Hall–Kier alpha value is -1.11. The van der Waals surface area contributed by atoms with E-state index in [1.807, 2.05) is 0 Å². The molecule has 22 heavy (non-hydrogen) atoms. The van der Waals surface area contributed by atoms with Gasteiger partial charge in [0.05, 0.1) is 18.1 Å². The van der Waals surface area contributed by atoms with Gasteiger partial charge in [-0.1, -0.05) is 19.3 Å². The van der Waals surface area contributed by atoms with E-state index in [1.165, 1.54) is 18.2 Å². The van der Waals surface area contributed by atoms with Crippen LogP contribution in [0.15, 0.2) is 0 Å². The van der Waals surface area contributed by atoms with Gasteiger partial charge < -0.3 is 9.80 Å². The molecule has 2 aliphatic rings. The van der Waals surface area contributed by atoms with Crippen LogP contribution in [-0.4, -0.2) is 67.2 Å². The van der Waals surface area contributed by atoms with Gasteiger partial charge in [-0.3, -0.25) is 9.59 Å². The van der Waals surface area contributed by atoms with E-state index in [-0.39, 0.29) is 41.9 Å². The Morgan fingerprint density at radius 1 is 1.05 bits per heavy atom. The quantitative estimate of drug-likeness (QED) is 0.764. The van der Waals surface area contributed by atoms with Crippen LogP contribution in [0, 0.1) is 0 Å². The number of rotatable bonds is 4. The molecule has 126 valence electrons. The van der Waals surface area contributed by atoms with Crippen LogP contribution in [0.3, 0.4) is 0 Å². The zero-order valence-corrected chi connectivity index (χ0v) is 14.3. The molecule has 1 aliphatic carbocycles. The minimum absolute atomic E-state index is 0.0404. The van der Waals surface area contributed by atoms with Crippen LogP contribution in [0.5, 0.6) is 0 Å². The van der Waals surface area contributed by atoms with Gasteiger partial charge in [-0.15, -0.1) is 0 Å². The molecular formula is C15H26N2O4S. The van der Waals surface area contributed by atoms with E-state index in [1.54, 1.807) is 11.9 Å². The SMILES string of the molecule is CC(=O)N(CC(=O)N(C)C1CCS(=O)(=O)C1)C1CCCCC1. The number of carbonyl (C=O) groups is 2. The molecule has 0 spiro atoms. The monoisotopic (exact) mass is 330 g/mol. The van der Waals surface area contributed by atoms with E-state index in [9.17, 15) is 18.0 Å². The van der Waals surface area contributed by atoms with Gasteiger partial charge in [0.25, 0.3) is 0 Å². The zero-order valence-electron chi connectivity index (χ0n) is 13.5. The normalized spacial score (nSPS) is 24.9. The fraction of sp³-hybridized carbons (Fsp3) is 0.867. The minimum atomic E-state index is -3.01. The Morgan fingerprint density at radius 2 is 1.68 bits per heavy atom. The largest absolute Gasteiger partial charge is 0.340 e. The summed E-state index contributed by atoms with van der Waals surface area (Å²) in [6.07, 6.45) is 5.78. The van der Waals surface area contributed by atoms with Crippen molar-refractivity contribution in [1.82, 2.24) is 9.80 Å². The molecule has 0 radical (unpaired) electrons. The molecule has 0 aromatic rings. The summed E-state index contributed by atoms with van der Waals surface area (Å²) in [5.74, 6) is -0.0526. The molecule has 7 heteroatoms. The van der Waals surface area contributed by atoms with Gasteiger partial charge in [0.15, 0.2) is 9.84 Å². The van der Waals surface area contributed by atoms with Crippen LogP contribution in [0.25, 0.3) is 0 Å². The second-order valence-electron chi connectivity index (χ2n) is 6.50. The van der Waals surface area contributed by atoms with Crippen LogP contribution >= 0.6 is 0 Å². The van der Waals surface area contributed by atoms with Crippen molar-refractivity contribution in [1.29, 1.82) is 0 Å². The molecule has 0 N–H and O–H groups in total. The van der Waals surface area contributed by atoms with Gasteiger partial charge in [-0.05, 0) is 19.3 Å². The van der Waals surface area contributed by atoms with Crippen LogP contribution in [-0.2, 0) is 19.4 Å². The van der Waals surface area contributed by atoms with Crippen LogP contribution in [0.1, 0.15) is 45.4 Å². The summed E-state index contributed by atoms with van der Waals surface area (Å²) < 4.78 is 23.1. The van der Waals surface area contributed by atoms with Gasteiger partial charge in [0.1, 0.15) is 0 Å². The Morgan fingerprint density at radius 3 is 2.18 bits per heavy atom. The molecule has 1 heterocycles. The first-order chi connectivity index (χ1) is 10.3. The summed E-state index contributed by atoms with van der Waals surface area (Å²) in [7, 11) is -1.37. The van der Waals surface area contributed by atoms with Crippen molar-refractivity contribution in [3.8, 4) is 0 Å². The summed E-state index contributed by atoms with van der Waals surface area (Å²) >= 11 is 0. The van der Waals surface area contributed by atoms with E-state index < -0.39 is 9.84 Å². The van der Waals surface area contributed by atoms with Crippen molar-refractivity contribution in [3.05, 3.63) is 0 Å². The Kier molecular flexibility index (Phi) is 5.47. The topological polar surface area (TPSA) is 74.8 Å². The molecule has 0 bridgehead atoms. The maximum absolute atomic E-state index is 12.4. The first-order valence-corrected chi connectivity index (χ1v) is 9.85. The summed E-state index contributed by atoms with van der Waals surface area (Å²) in [6, 6.07) is -0.103. The van der Waals surface area contributed by atoms with Crippen molar-refractivity contribution < 1.29 is 18.0 Å². The molecule has 0 aromatic heterocycles. The number of sulfone groups is 1. The molecule has 6 nitrogen and oxygen atoms in total. The maximum Gasteiger partial charge on any atom is 0.242 e. The smallest absolute Gasteiger partial charge is 0.242 e. The second kappa shape index (κ2) is 6.98. The van der Waals surface area contributed by atoms with Gasteiger partial charge in [-0.25, -0.2) is 8.42 Å². The lowest BCUT2D eigenvalue weighted by molar-refractivity contribution is -0.142. The standard InChI is InChI=1S/C15H26N2O4S/c1-12(18)17(13-6-4-3-5-7-13)10-15(19)16(2)14-8-9-22(20,21)11-14/h13-14H,3-11H2,1-2H3. The number of carbonyl (C=O) groups excluding carboxylic acids is 2. The average molecular weight is 330 g/mol. The zero-order chi connectivity index (χ0) is 16.3. The summed E-state index contributed by atoms with van der Waals surface area (Å²) in [4.78, 5) is 27.5. The Balaban J connectivity index is 1.97. The maximum atomic E-state index is 12.4. The van der Waals surface area contributed by atoms with E-state index in [2.05, 4.69) is 0 Å². The van der Waals surface area contributed by atoms with Gasteiger partial charge in [-0.2, -0.15) is 0 Å². The molecule has 1 atom stereocenters. The van der Waals surface area contributed by atoms with Crippen LogP contribution in [0.4, 0.5) is 0 Å². The summed E-state index contributed by atoms with van der Waals surface area (Å²) in [6.45, 7) is 1.56. The third-order valence-corrected chi connectivity index (χ3v) is 6.63. The van der Waals surface area contributed by atoms with Crippen molar-refractivity contribution in [3.63, 3.8) is 0 Å². The van der Waals surface area contributed by atoms with E-state index >= 15 is 0 Å². The van der Waals surface area contributed by atoms with E-state index in [4.69, 9.17) is 0 Å². The van der Waals surface area contributed by atoms with Gasteiger partial charge >= 0.3 is 0 Å². The molecular weight excluding hydrogens is 304 g/mol. The molecule has 0 aromatic carbocycles. The first-order valence-electron chi connectivity index (χ1n) is 8.03. The fourth-order valence-corrected chi connectivity index (χ4v) is 5.21. The second-order valence-corrected chi connectivity index (χ2v) is 8.73. The van der Waals surface area contributed by atoms with E-state index in [0.717, 1.165) is 25.7 Å². The lowest BCUT2D eigenvalue weighted by Crippen LogP contribution is -2.49. The Bertz CT molecular complexity index is 526. The van der Waals surface area contributed by atoms with Crippen LogP contribution < -0.4 is 0 Å². The van der Waals surface area contributed by atoms with Gasteiger partial charge in [0, 0.05) is 26.1 Å². The predicted octanol–water partition coefficient (Wildman–Crippen LogP) is 0.813. The number of amides is 2. The highest BCUT2D eigenvalue weighted by molar-refractivity contribution is 7.91. The third kappa shape index (κ3) is 4.21. The summed E-state index contributed by atoms with van der Waals surface area (Å²) in [5, 5.41) is 0. The van der Waals surface area contributed by atoms with Crippen molar-refractivity contribution in [2.45, 2.75) is 57.5 Å². The highest BCUT2D eigenvalue weighted by Crippen LogP contribution is 2.23. The van der Waals surface area contributed by atoms with Crippen molar-refractivity contribution in [2.75, 3.05) is 25.1 Å². The minimum Gasteiger partial charge on any atom is -0.340 e. The molecule has 1 unspecified atom stereocenters. The lowest BCUT2D eigenvalue weighted by atomic mass is 9.94. The van der Waals surface area contributed by atoms with Gasteiger partial charge in [0.2, 0.25) is 11.8 Å². The Labute approximate surface area is 132 Å². The van der Waals surface area contributed by atoms with E-state index in [0.29, 0.717) is 6.42 Å². The molecule has 2 fully saturated rings. The highest BCUT2D eigenvalue weighted by Gasteiger charge is 2.34. The lowest BCUT2D eigenvalue weighted by Gasteiger charge is -2.35. The number of likely N-dealkylation sites (N-methyl/N-ethyl adjacent to an activating group) is 1. The molecule has 2 amide bonds. The first kappa shape index (κ1) is 17.2. The van der Waals surface area contributed by atoms with Crippen LogP contribution in [0.2, 0.25) is 0 Å². The molecule has 1 saturated carbocycles. The number of hydrogen-bond acceptors (Lipinski definition) is 4. The number of nitrogens with zero attached hydrogens (tertiary/aromatic N) is 2. The summed E-state index contributed by atoms with van der Waals surface area (Å²) in [5.41, 5.74) is 0. The fourth-order valence-electron chi connectivity index (χ4n) is 3.43. The third-order valence-electron chi connectivity index (χ3n) is 4.88. The number of hydrogen-bond donors (Lipinski definition) is 0. The predicted molar refractivity (Wildman–Crippen MR) is 84.1 cm³/mol. The molecule has 2 rings (SSSR count). The molecule has 1 aliphatic heterocycles. The molecule has 1 saturated heterocycles. The van der Waals surface area contributed by atoms with Crippen molar-refractivity contribution in [2.24, 2.45) is 0 Å². The van der Waals surface area contributed by atoms with Crippen molar-refractivity contribution >= 4 is 21.7 Å². The average Bonchev–Trinajstić information content (AvgIpc) is 2.84.